The quantitative estimate of drug-likeness (QED) is 0.656. The molecule has 4 nitrogen and oxygen atoms in total. The zero-order valence-electron chi connectivity index (χ0n) is 17.4. The summed E-state index contributed by atoms with van der Waals surface area (Å²) in [5.74, 6) is 1.40. The first-order valence-electron chi connectivity index (χ1n) is 10.1. The molecule has 3 aromatic rings. The van der Waals surface area contributed by atoms with Gasteiger partial charge < -0.3 is 14.8 Å². The summed E-state index contributed by atoms with van der Waals surface area (Å²) < 4.78 is 12.1. The average molecular weight is 389 g/mol. The Labute approximate surface area is 171 Å². The molecule has 29 heavy (non-hydrogen) atoms. The van der Waals surface area contributed by atoms with E-state index in [9.17, 15) is 4.79 Å². The molecule has 3 aromatic carbocycles. The van der Waals surface area contributed by atoms with Gasteiger partial charge in [-0.1, -0.05) is 42.5 Å². The highest BCUT2D eigenvalue weighted by atomic mass is 16.5. The molecule has 2 atom stereocenters. The third-order valence-corrected chi connectivity index (χ3v) is 5.35. The maximum atomic E-state index is 12.9. The minimum absolute atomic E-state index is 0.107. The van der Waals surface area contributed by atoms with Gasteiger partial charge in [0, 0.05) is 12.0 Å². The van der Waals surface area contributed by atoms with Crippen LogP contribution in [0.2, 0.25) is 0 Å². The first-order valence-corrected chi connectivity index (χ1v) is 10.1. The summed E-state index contributed by atoms with van der Waals surface area (Å²) in [4.78, 5) is 12.9. The molecule has 4 heteroatoms. The number of hydrogen-bond acceptors (Lipinski definition) is 3. The number of carbonyl (C=O) groups excluding carboxylic acids is 1. The van der Waals surface area contributed by atoms with Gasteiger partial charge in [-0.25, -0.2) is 0 Å². The van der Waals surface area contributed by atoms with Crippen molar-refractivity contribution in [3.05, 3.63) is 71.8 Å². The van der Waals surface area contributed by atoms with Gasteiger partial charge in [0.2, 0.25) is 0 Å². The van der Waals surface area contributed by atoms with E-state index >= 15 is 0 Å². The Morgan fingerprint density at radius 3 is 2.66 bits per heavy atom. The molecule has 1 heterocycles. The fourth-order valence-corrected chi connectivity index (χ4v) is 3.87. The molecule has 1 amide bonds. The molecule has 1 aliphatic rings. The summed E-state index contributed by atoms with van der Waals surface area (Å²) >= 11 is 0. The van der Waals surface area contributed by atoms with Gasteiger partial charge in [0.1, 0.15) is 17.1 Å². The van der Waals surface area contributed by atoms with Crippen molar-refractivity contribution in [2.75, 3.05) is 0 Å². The Balaban J connectivity index is 1.49. The lowest BCUT2D eigenvalue weighted by molar-refractivity contribution is -0.128. The number of ether oxygens (including phenoxy) is 2. The second-order valence-corrected chi connectivity index (χ2v) is 8.44. The number of hydrogen-bond donors (Lipinski definition) is 1. The predicted molar refractivity (Wildman–Crippen MR) is 115 cm³/mol. The van der Waals surface area contributed by atoms with Gasteiger partial charge in [-0.2, -0.15) is 0 Å². The fourth-order valence-electron chi connectivity index (χ4n) is 3.87. The number of nitrogens with one attached hydrogen (secondary N) is 1. The van der Waals surface area contributed by atoms with E-state index in [1.54, 1.807) is 6.92 Å². The molecule has 0 saturated heterocycles. The van der Waals surface area contributed by atoms with E-state index < -0.39 is 6.10 Å². The van der Waals surface area contributed by atoms with E-state index in [0.717, 1.165) is 27.6 Å². The number of aryl methyl sites for hydroxylation is 1. The number of fused-ring (bicyclic) bond motifs is 2. The van der Waals surface area contributed by atoms with Crippen LogP contribution in [-0.2, 0) is 4.79 Å². The van der Waals surface area contributed by atoms with Crippen molar-refractivity contribution < 1.29 is 14.3 Å². The van der Waals surface area contributed by atoms with E-state index in [1.165, 1.54) is 0 Å². The first-order chi connectivity index (χ1) is 13.8. The standard InChI is InChI=1S/C25H27NO3/c1-16-9-12-21-22(15-25(3,4)29-23(21)13-16)26-24(27)17(2)28-20-11-10-18-7-5-6-8-19(18)14-20/h5-14,17,22H,15H2,1-4H3,(H,26,27)/t17-,22+/m0/s1. The zero-order valence-corrected chi connectivity index (χ0v) is 17.4. The molecule has 0 saturated carbocycles. The van der Waals surface area contributed by atoms with E-state index in [-0.39, 0.29) is 17.6 Å². The molecule has 1 aliphatic heterocycles. The van der Waals surface area contributed by atoms with Crippen molar-refractivity contribution in [3.63, 3.8) is 0 Å². The molecule has 4 rings (SSSR count). The Kier molecular flexibility index (Phi) is 4.95. The van der Waals surface area contributed by atoms with Crippen LogP contribution < -0.4 is 14.8 Å². The lowest BCUT2D eigenvalue weighted by Gasteiger charge is -2.38. The highest BCUT2D eigenvalue weighted by Crippen LogP contribution is 2.40. The summed E-state index contributed by atoms with van der Waals surface area (Å²) in [6.45, 7) is 7.92. The van der Waals surface area contributed by atoms with Crippen LogP contribution >= 0.6 is 0 Å². The van der Waals surface area contributed by atoms with Crippen molar-refractivity contribution in [2.45, 2.75) is 51.9 Å². The maximum absolute atomic E-state index is 12.9. The summed E-state index contributed by atoms with van der Waals surface area (Å²) in [6, 6.07) is 20.0. The smallest absolute Gasteiger partial charge is 0.261 e. The molecule has 0 bridgehead atoms. The Morgan fingerprint density at radius 1 is 1.10 bits per heavy atom. The molecule has 0 radical (unpaired) electrons. The van der Waals surface area contributed by atoms with Crippen molar-refractivity contribution in [3.8, 4) is 11.5 Å². The third kappa shape index (κ3) is 4.21. The zero-order chi connectivity index (χ0) is 20.6. The van der Waals surface area contributed by atoms with E-state index in [4.69, 9.17) is 9.47 Å². The first kappa shape index (κ1) is 19.3. The lowest BCUT2D eigenvalue weighted by Crippen LogP contribution is -2.44. The van der Waals surface area contributed by atoms with Crippen LogP contribution in [0.25, 0.3) is 10.8 Å². The van der Waals surface area contributed by atoms with Crippen LogP contribution in [-0.4, -0.2) is 17.6 Å². The van der Waals surface area contributed by atoms with Crippen molar-refractivity contribution in [1.29, 1.82) is 0 Å². The third-order valence-electron chi connectivity index (χ3n) is 5.35. The monoisotopic (exact) mass is 389 g/mol. The Hall–Kier alpha value is -3.01. The summed E-state index contributed by atoms with van der Waals surface area (Å²) in [5.41, 5.74) is 1.81. The summed E-state index contributed by atoms with van der Waals surface area (Å²) in [5, 5.41) is 5.40. The predicted octanol–water partition coefficient (Wildman–Crippen LogP) is 5.33. The normalized spacial score (nSPS) is 18.4. The fraction of sp³-hybridized carbons (Fsp3) is 0.320. The highest BCUT2D eigenvalue weighted by molar-refractivity contribution is 5.84. The molecule has 0 spiro atoms. The molecule has 1 N–H and O–H groups in total. The molecular formula is C25H27NO3. The van der Waals surface area contributed by atoms with Crippen molar-refractivity contribution in [1.82, 2.24) is 5.32 Å². The number of amides is 1. The van der Waals surface area contributed by atoms with Crippen LogP contribution in [0.15, 0.2) is 60.7 Å². The molecule has 0 unspecified atom stereocenters. The molecule has 0 fully saturated rings. The van der Waals surface area contributed by atoms with Gasteiger partial charge >= 0.3 is 0 Å². The largest absolute Gasteiger partial charge is 0.487 e. The van der Waals surface area contributed by atoms with Gasteiger partial charge in [-0.15, -0.1) is 0 Å². The van der Waals surface area contributed by atoms with Gasteiger partial charge in [0.25, 0.3) is 5.91 Å². The Morgan fingerprint density at radius 2 is 1.86 bits per heavy atom. The average Bonchev–Trinajstić information content (AvgIpc) is 2.66. The summed E-state index contributed by atoms with van der Waals surface area (Å²) in [7, 11) is 0. The second-order valence-electron chi connectivity index (χ2n) is 8.44. The summed E-state index contributed by atoms with van der Waals surface area (Å²) in [6.07, 6.45) is 0.105. The van der Waals surface area contributed by atoms with E-state index in [2.05, 4.69) is 17.4 Å². The van der Waals surface area contributed by atoms with Crippen LogP contribution in [0, 0.1) is 6.92 Å². The van der Waals surface area contributed by atoms with E-state index in [1.807, 2.05) is 69.3 Å². The van der Waals surface area contributed by atoms with Gasteiger partial charge in [0.05, 0.1) is 6.04 Å². The minimum atomic E-state index is -0.601. The maximum Gasteiger partial charge on any atom is 0.261 e. The van der Waals surface area contributed by atoms with Crippen LogP contribution in [0.4, 0.5) is 0 Å². The minimum Gasteiger partial charge on any atom is -0.487 e. The Bertz CT molecular complexity index is 1060. The topological polar surface area (TPSA) is 47.6 Å². The highest BCUT2D eigenvalue weighted by Gasteiger charge is 2.35. The van der Waals surface area contributed by atoms with Crippen LogP contribution in [0.3, 0.4) is 0 Å². The van der Waals surface area contributed by atoms with Gasteiger partial charge in [-0.05, 0) is 62.2 Å². The van der Waals surface area contributed by atoms with Gasteiger partial charge in [-0.3, -0.25) is 4.79 Å². The van der Waals surface area contributed by atoms with E-state index in [0.29, 0.717) is 12.2 Å². The number of benzene rings is 3. The van der Waals surface area contributed by atoms with Crippen molar-refractivity contribution in [2.24, 2.45) is 0 Å². The van der Waals surface area contributed by atoms with Crippen molar-refractivity contribution >= 4 is 16.7 Å². The molecule has 0 aliphatic carbocycles. The number of carbonyl (C=O) groups is 1. The molecule has 150 valence electrons. The molecule has 0 aromatic heterocycles. The number of rotatable bonds is 4. The molecular weight excluding hydrogens is 362 g/mol. The van der Waals surface area contributed by atoms with Crippen LogP contribution in [0.1, 0.15) is 44.4 Å². The second kappa shape index (κ2) is 7.43. The SMILES string of the molecule is Cc1ccc2c(c1)OC(C)(C)C[C@H]2NC(=O)[C@H](C)Oc1ccc2ccccc2c1. The van der Waals surface area contributed by atoms with Gasteiger partial charge in [0.15, 0.2) is 6.10 Å². The lowest BCUT2D eigenvalue weighted by atomic mass is 9.89. The van der Waals surface area contributed by atoms with Crippen LogP contribution in [0.5, 0.6) is 11.5 Å².